The van der Waals surface area contributed by atoms with Crippen LogP contribution < -0.4 is 0 Å². The average Bonchev–Trinajstić information content (AvgIpc) is 3.10. The fourth-order valence-electron chi connectivity index (χ4n) is 4.26. The molecule has 0 bridgehead atoms. The van der Waals surface area contributed by atoms with E-state index in [9.17, 15) is 9.90 Å². The van der Waals surface area contributed by atoms with Gasteiger partial charge in [-0.2, -0.15) is 0 Å². The Bertz CT molecular complexity index is 371. The van der Waals surface area contributed by atoms with E-state index in [-0.39, 0.29) is 5.91 Å². The first-order valence-corrected chi connectivity index (χ1v) is 9.14. The van der Waals surface area contributed by atoms with E-state index in [0.717, 1.165) is 32.6 Å². The Balaban J connectivity index is 1.44. The number of aliphatic hydroxyl groups excluding tert-OH is 1. The van der Waals surface area contributed by atoms with Gasteiger partial charge in [0.25, 0.3) is 0 Å². The van der Waals surface area contributed by atoms with Crippen LogP contribution >= 0.6 is 0 Å². The maximum atomic E-state index is 11.7. The number of likely N-dealkylation sites (tertiary alicyclic amines) is 3. The lowest BCUT2D eigenvalue weighted by molar-refractivity contribution is -0.129. The number of hydrogen-bond donors (Lipinski definition) is 1. The largest absolute Gasteiger partial charge is 0.390 e. The number of β-amino-alcohol motifs (C(OH)–C–C–N with tert-alkyl or cyclic N) is 1. The number of carbonyl (C=O) groups excluding carboxylic acids is 1. The Morgan fingerprint density at radius 2 is 1.82 bits per heavy atom. The van der Waals surface area contributed by atoms with Crippen LogP contribution in [-0.2, 0) is 4.79 Å². The van der Waals surface area contributed by atoms with E-state index in [4.69, 9.17) is 0 Å². The van der Waals surface area contributed by atoms with Crippen LogP contribution in [0.3, 0.4) is 0 Å². The van der Waals surface area contributed by atoms with E-state index in [1.807, 2.05) is 4.90 Å². The highest BCUT2D eigenvalue weighted by atomic mass is 16.3. The lowest BCUT2D eigenvalue weighted by Crippen LogP contribution is -2.46. The monoisotopic (exact) mass is 309 g/mol. The van der Waals surface area contributed by atoms with E-state index < -0.39 is 6.10 Å². The van der Waals surface area contributed by atoms with Crippen LogP contribution in [0.4, 0.5) is 0 Å². The molecule has 1 N–H and O–H groups in total. The highest BCUT2D eigenvalue weighted by molar-refractivity contribution is 5.78. The van der Waals surface area contributed by atoms with Crippen LogP contribution in [0.5, 0.6) is 0 Å². The molecule has 3 aliphatic rings. The topological polar surface area (TPSA) is 47.0 Å². The van der Waals surface area contributed by atoms with Gasteiger partial charge < -0.3 is 14.9 Å². The highest BCUT2D eigenvalue weighted by Crippen LogP contribution is 2.21. The van der Waals surface area contributed by atoms with Gasteiger partial charge in [0.2, 0.25) is 5.91 Å². The minimum absolute atomic E-state index is 0.213. The number of amides is 1. The summed E-state index contributed by atoms with van der Waals surface area (Å²) in [5.41, 5.74) is 0. The first-order valence-electron chi connectivity index (χ1n) is 9.14. The fraction of sp³-hybridized carbons (Fsp3) is 0.941. The number of hydrogen-bond acceptors (Lipinski definition) is 4. The molecule has 3 aliphatic heterocycles. The summed E-state index contributed by atoms with van der Waals surface area (Å²) in [5, 5.41) is 10.4. The quantitative estimate of drug-likeness (QED) is 0.793. The van der Waals surface area contributed by atoms with Gasteiger partial charge >= 0.3 is 0 Å². The molecule has 0 radical (unpaired) electrons. The Morgan fingerprint density at radius 1 is 1.00 bits per heavy atom. The molecule has 2 unspecified atom stereocenters. The summed E-state index contributed by atoms with van der Waals surface area (Å²) in [4.78, 5) is 18.6. The first kappa shape index (κ1) is 16.2. The second-order valence-corrected chi connectivity index (χ2v) is 7.25. The molecule has 1 amide bonds. The standard InChI is InChI=1S/C17H31N3O2/c21-16(14-20-11-5-7-17(20)22)13-19-10-4-6-15(19)12-18-8-2-1-3-9-18/h15-16,21H,1-14H2. The summed E-state index contributed by atoms with van der Waals surface area (Å²) >= 11 is 0. The van der Waals surface area contributed by atoms with Gasteiger partial charge in [0, 0.05) is 38.6 Å². The third-order valence-electron chi connectivity index (χ3n) is 5.46. The summed E-state index contributed by atoms with van der Waals surface area (Å²) in [5.74, 6) is 0.213. The molecule has 126 valence electrons. The van der Waals surface area contributed by atoms with Crippen molar-refractivity contribution in [2.45, 2.75) is 57.1 Å². The number of rotatable bonds is 6. The van der Waals surface area contributed by atoms with E-state index in [2.05, 4.69) is 9.80 Å². The Morgan fingerprint density at radius 3 is 2.55 bits per heavy atom. The summed E-state index contributed by atoms with van der Waals surface area (Å²) < 4.78 is 0. The number of aliphatic hydroxyl groups is 1. The first-order chi connectivity index (χ1) is 10.7. The smallest absolute Gasteiger partial charge is 0.222 e. The molecule has 2 atom stereocenters. The van der Waals surface area contributed by atoms with Gasteiger partial charge in [-0.1, -0.05) is 6.42 Å². The van der Waals surface area contributed by atoms with E-state index in [1.165, 1.54) is 45.2 Å². The van der Waals surface area contributed by atoms with Crippen LogP contribution in [0.25, 0.3) is 0 Å². The second kappa shape index (κ2) is 7.75. The Hall–Kier alpha value is -0.650. The maximum Gasteiger partial charge on any atom is 0.222 e. The fourth-order valence-corrected chi connectivity index (χ4v) is 4.26. The molecular formula is C17H31N3O2. The van der Waals surface area contributed by atoms with Gasteiger partial charge in [-0.05, 0) is 51.7 Å². The zero-order valence-corrected chi connectivity index (χ0v) is 13.8. The molecule has 0 aliphatic carbocycles. The van der Waals surface area contributed by atoms with Crippen LogP contribution in [0.2, 0.25) is 0 Å². The summed E-state index contributed by atoms with van der Waals surface area (Å²) in [6.45, 7) is 6.82. The van der Waals surface area contributed by atoms with Gasteiger partial charge in [-0.25, -0.2) is 0 Å². The molecular weight excluding hydrogens is 278 g/mol. The molecule has 0 spiro atoms. The van der Waals surface area contributed by atoms with Crippen molar-refractivity contribution in [1.82, 2.24) is 14.7 Å². The number of nitrogens with zero attached hydrogens (tertiary/aromatic N) is 3. The number of piperidine rings is 1. The van der Waals surface area contributed by atoms with Crippen molar-refractivity contribution in [3.63, 3.8) is 0 Å². The molecule has 3 rings (SSSR count). The summed E-state index contributed by atoms with van der Waals surface area (Å²) in [6, 6.07) is 0.599. The van der Waals surface area contributed by atoms with Gasteiger partial charge in [-0.15, -0.1) is 0 Å². The van der Waals surface area contributed by atoms with Crippen molar-refractivity contribution in [2.75, 3.05) is 45.8 Å². The van der Waals surface area contributed by atoms with Crippen molar-refractivity contribution in [3.8, 4) is 0 Å². The molecule has 0 aromatic carbocycles. The van der Waals surface area contributed by atoms with Gasteiger partial charge in [0.05, 0.1) is 6.10 Å². The number of carbonyl (C=O) groups is 1. The predicted molar refractivity (Wildman–Crippen MR) is 86.7 cm³/mol. The third kappa shape index (κ3) is 4.21. The predicted octanol–water partition coefficient (Wildman–Crippen LogP) is 0.920. The molecule has 5 nitrogen and oxygen atoms in total. The van der Waals surface area contributed by atoms with Crippen LogP contribution in [0.15, 0.2) is 0 Å². The molecule has 22 heavy (non-hydrogen) atoms. The van der Waals surface area contributed by atoms with E-state index in [0.29, 0.717) is 19.0 Å². The van der Waals surface area contributed by atoms with Crippen molar-refractivity contribution < 1.29 is 9.90 Å². The Kier molecular flexibility index (Phi) is 5.71. The summed E-state index contributed by atoms with van der Waals surface area (Å²) in [7, 11) is 0. The van der Waals surface area contributed by atoms with Gasteiger partial charge in [-0.3, -0.25) is 9.69 Å². The van der Waals surface area contributed by atoms with Crippen LogP contribution in [0, 0.1) is 0 Å². The van der Waals surface area contributed by atoms with Crippen molar-refractivity contribution >= 4 is 5.91 Å². The molecule has 3 fully saturated rings. The molecule has 0 saturated carbocycles. The molecule has 5 heteroatoms. The minimum atomic E-state index is -0.399. The van der Waals surface area contributed by atoms with Crippen molar-refractivity contribution in [2.24, 2.45) is 0 Å². The SMILES string of the molecule is O=C1CCCN1CC(O)CN1CCCC1CN1CCCCC1. The van der Waals surface area contributed by atoms with Crippen molar-refractivity contribution in [3.05, 3.63) is 0 Å². The van der Waals surface area contributed by atoms with Crippen LogP contribution in [-0.4, -0.2) is 83.7 Å². The lowest BCUT2D eigenvalue weighted by Gasteiger charge is -2.34. The zero-order chi connectivity index (χ0) is 15.4. The highest BCUT2D eigenvalue weighted by Gasteiger charge is 2.30. The summed E-state index contributed by atoms with van der Waals surface area (Å²) in [6.07, 6.45) is 7.77. The third-order valence-corrected chi connectivity index (χ3v) is 5.46. The molecule has 0 aromatic rings. The van der Waals surface area contributed by atoms with Gasteiger partial charge in [0.15, 0.2) is 0 Å². The Labute approximate surface area is 134 Å². The van der Waals surface area contributed by atoms with Crippen LogP contribution in [0.1, 0.15) is 44.9 Å². The van der Waals surface area contributed by atoms with E-state index >= 15 is 0 Å². The maximum absolute atomic E-state index is 11.7. The molecule has 3 saturated heterocycles. The van der Waals surface area contributed by atoms with E-state index in [1.54, 1.807) is 0 Å². The zero-order valence-electron chi connectivity index (χ0n) is 13.8. The minimum Gasteiger partial charge on any atom is -0.390 e. The normalized spacial score (nSPS) is 29.4. The van der Waals surface area contributed by atoms with Crippen molar-refractivity contribution in [1.29, 1.82) is 0 Å². The van der Waals surface area contributed by atoms with Gasteiger partial charge in [0.1, 0.15) is 0 Å². The lowest BCUT2D eigenvalue weighted by atomic mass is 10.1. The molecule has 0 aromatic heterocycles. The second-order valence-electron chi connectivity index (χ2n) is 7.25. The average molecular weight is 309 g/mol. The molecule has 3 heterocycles.